The van der Waals surface area contributed by atoms with Gasteiger partial charge in [0.05, 0.1) is 5.69 Å². The summed E-state index contributed by atoms with van der Waals surface area (Å²) in [5.41, 5.74) is 1.35. The molecule has 0 atom stereocenters. The molecule has 0 N–H and O–H groups in total. The molecule has 0 bridgehead atoms. The molecule has 0 aromatic carbocycles. The number of carbonyl (C=O) groups excluding carboxylic acids is 3. The van der Waals surface area contributed by atoms with Gasteiger partial charge in [-0.1, -0.05) is 0 Å². The second kappa shape index (κ2) is 5.43. The summed E-state index contributed by atoms with van der Waals surface area (Å²) < 4.78 is 6.31. The number of likely N-dealkylation sites (tertiary alicyclic amines) is 1. The van der Waals surface area contributed by atoms with Gasteiger partial charge in [-0.25, -0.2) is 9.69 Å². The standard InChI is InChI=1S/C14H18N4O4/c1-9-7-11(16(2)15-9)13(20)17-5-3-10(4-6-17)18-12(19)8-22-14(18)21/h7,10H,3-6,8H2,1-2H3. The molecule has 2 saturated heterocycles. The van der Waals surface area contributed by atoms with Crippen molar-refractivity contribution in [2.24, 2.45) is 7.05 Å². The first kappa shape index (κ1) is 14.6. The van der Waals surface area contributed by atoms with Crippen molar-refractivity contribution < 1.29 is 19.1 Å². The first-order valence-electron chi connectivity index (χ1n) is 7.26. The maximum atomic E-state index is 12.5. The van der Waals surface area contributed by atoms with E-state index in [0.29, 0.717) is 31.6 Å². The molecule has 118 valence electrons. The Hall–Kier alpha value is -2.38. The molecule has 3 rings (SSSR count). The Morgan fingerprint density at radius 2 is 2.00 bits per heavy atom. The Morgan fingerprint density at radius 3 is 2.50 bits per heavy atom. The van der Waals surface area contributed by atoms with Gasteiger partial charge in [-0.05, 0) is 25.8 Å². The predicted octanol–water partition coefficient (Wildman–Crippen LogP) is 0.312. The van der Waals surface area contributed by atoms with E-state index in [4.69, 9.17) is 4.74 Å². The zero-order valence-electron chi connectivity index (χ0n) is 12.6. The molecule has 0 spiro atoms. The summed E-state index contributed by atoms with van der Waals surface area (Å²) in [7, 11) is 1.74. The van der Waals surface area contributed by atoms with E-state index in [1.54, 1.807) is 22.7 Å². The number of aromatic nitrogens is 2. The van der Waals surface area contributed by atoms with Crippen LogP contribution in [-0.4, -0.2) is 63.2 Å². The predicted molar refractivity (Wildman–Crippen MR) is 75.1 cm³/mol. The molecule has 1 aromatic heterocycles. The summed E-state index contributed by atoms with van der Waals surface area (Å²) >= 11 is 0. The number of rotatable bonds is 2. The fraction of sp³-hybridized carbons (Fsp3) is 0.571. The van der Waals surface area contributed by atoms with E-state index >= 15 is 0 Å². The minimum Gasteiger partial charge on any atom is -0.439 e. The maximum Gasteiger partial charge on any atom is 0.417 e. The number of ether oxygens (including phenoxy) is 1. The first-order valence-corrected chi connectivity index (χ1v) is 7.26. The minimum absolute atomic E-state index is 0.0723. The van der Waals surface area contributed by atoms with E-state index in [0.717, 1.165) is 5.69 Å². The van der Waals surface area contributed by atoms with E-state index in [1.165, 1.54) is 4.90 Å². The molecule has 0 unspecified atom stereocenters. The normalized spacial score (nSPS) is 19.7. The lowest BCUT2D eigenvalue weighted by atomic mass is 10.0. The Morgan fingerprint density at radius 1 is 1.32 bits per heavy atom. The van der Waals surface area contributed by atoms with Gasteiger partial charge >= 0.3 is 6.09 Å². The number of piperidine rings is 1. The Balaban J connectivity index is 1.64. The fourth-order valence-corrected chi connectivity index (χ4v) is 3.02. The lowest BCUT2D eigenvalue weighted by molar-refractivity contribution is -0.127. The topological polar surface area (TPSA) is 84.7 Å². The number of nitrogens with zero attached hydrogens (tertiary/aromatic N) is 4. The molecule has 2 aliphatic rings. The third kappa shape index (κ3) is 2.44. The van der Waals surface area contributed by atoms with Crippen LogP contribution in [0.2, 0.25) is 0 Å². The van der Waals surface area contributed by atoms with Crippen LogP contribution in [0.4, 0.5) is 4.79 Å². The van der Waals surface area contributed by atoms with Gasteiger partial charge in [0.2, 0.25) is 0 Å². The Kier molecular flexibility index (Phi) is 3.59. The second-order valence-corrected chi connectivity index (χ2v) is 5.64. The van der Waals surface area contributed by atoms with Crippen molar-refractivity contribution in [2.75, 3.05) is 19.7 Å². The lowest BCUT2D eigenvalue weighted by Crippen LogP contribution is -2.48. The SMILES string of the molecule is Cc1cc(C(=O)N2CCC(N3C(=O)COC3=O)CC2)n(C)n1. The van der Waals surface area contributed by atoms with E-state index in [9.17, 15) is 14.4 Å². The zero-order chi connectivity index (χ0) is 15.9. The number of imide groups is 1. The molecule has 1 aromatic rings. The Labute approximate surface area is 127 Å². The average molecular weight is 306 g/mol. The van der Waals surface area contributed by atoms with Crippen LogP contribution in [0.3, 0.4) is 0 Å². The fourth-order valence-electron chi connectivity index (χ4n) is 3.02. The van der Waals surface area contributed by atoms with E-state index in [1.807, 2.05) is 6.92 Å². The summed E-state index contributed by atoms with van der Waals surface area (Å²) in [6, 6.07) is 1.58. The van der Waals surface area contributed by atoms with Crippen LogP contribution in [0, 0.1) is 6.92 Å². The van der Waals surface area contributed by atoms with Crippen molar-refractivity contribution in [3.05, 3.63) is 17.5 Å². The summed E-state index contributed by atoms with van der Waals surface area (Å²) in [5.74, 6) is -0.367. The molecule has 3 amide bonds. The monoisotopic (exact) mass is 306 g/mol. The molecule has 0 aliphatic carbocycles. The summed E-state index contributed by atoms with van der Waals surface area (Å²) in [6.45, 7) is 2.68. The highest BCUT2D eigenvalue weighted by atomic mass is 16.6. The van der Waals surface area contributed by atoms with Gasteiger partial charge in [-0.3, -0.25) is 14.3 Å². The molecular formula is C14H18N4O4. The second-order valence-electron chi connectivity index (χ2n) is 5.64. The molecular weight excluding hydrogens is 288 g/mol. The van der Waals surface area contributed by atoms with Gasteiger partial charge in [0, 0.05) is 26.2 Å². The Bertz CT molecular complexity index is 615. The van der Waals surface area contributed by atoms with Crippen LogP contribution in [0.25, 0.3) is 0 Å². The van der Waals surface area contributed by atoms with Gasteiger partial charge in [-0.2, -0.15) is 5.10 Å². The highest BCUT2D eigenvalue weighted by Crippen LogP contribution is 2.22. The zero-order valence-corrected chi connectivity index (χ0v) is 12.6. The number of cyclic esters (lactones) is 1. The molecule has 8 heteroatoms. The third-order valence-electron chi connectivity index (χ3n) is 4.12. The van der Waals surface area contributed by atoms with Crippen LogP contribution in [0.15, 0.2) is 6.07 Å². The summed E-state index contributed by atoms with van der Waals surface area (Å²) in [4.78, 5) is 38.6. The molecule has 2 aliphatic heterocycles. The minimum atomic E-state index is -0.572. The molecule has 0 saturated carbocycles. The molecule has 0 radical (unpaired) electrons. The van der Waals surface area contributed by atoms with Crippen molar-refractivity contribution in [1.29, 1.82) is 0 Å². The lowest BCUT2D eigenvalue weighted by Gasteiger charge is -2.34. The molecule has 22 heavy (non-hydrogen) atoms. The van der Waals surface area contributed by atoms with Crippen LogP contribution < -0.4 is 0 Å². The van der Waals surface area contributed by atoms with Gasteiger partial charge in [0.25, 0.3) is 11.8 Å². The number of aryl methyl sites for hydroxylation is 2. The maximum absolute atomic E-state index is 12.5. The van der Waals surface area contributed by atoms with Gasteiger partial charge in [0.15, 0.2) is 6.61 Å². The molecule has 3 heterocycles. The third-order valence-corrected chi connectivity index (χ3v) is 4.12. The van der Waals surface area contributed by atoms with Crippen LogP contribution in [-0.2, 0) is 16.6 Å². The number of hydrogen-bond acceptors (Lipinski definition) is 5. The number of carbonyl (C=O) groups is 3. The van der Waals surface area contributed by atoms with Crippen LogP contribution in [0.1, 0.15) is 29.0 Å². The van der Waals surface area contributed by atoms with Crippen molar-refractivity contribution in [3.8, 4) is 0 Å². The quantitative estimate of drug-likeness (QED) is 0.785. The van der Waals surface area contributed by atoms with Crippen molar-refractivity contribution in [2.45, 2.75) is 25.8 Å². The van der Waals surface area contributed by atoms with Crippen LogP contribution >= 0.6 is 0 Å². The number of hydrogen-bond donors (Lipinski definition) is 0. The molecule has 2 fully saturated rings. The summed E-state index contributed by atoms with van der Waals surface area (Å²) in [6.07, 6.45) is 0.573. The van der Waals surface area contributed by atoms with Crippen molar-refractivity contribution in [1.82, 2.24) is 19.6 Å². The van der Waals surface area contributed by atoms with Crippen molar-refractivity contribution >= 4 is 17.9 Å². The average Bonchev–Trinajstić information content (AvgIpc) is 3.00. The van der Waals surface area contributed by atoms with Crippen LogP contribution in [0.5, 0.6) is 0 Å². The van der Waals surface area contributed by atoms with E-state index in [-0.39, 0.29) is 24.5 Å². The highest BCUT2D eigenvalue weighted by Gasteiger charge is 2.39. The van der Waals surface area contributed by atoms with E-state index < -0.39 is 6.09 Å². The van der Waals surface area contributed by atoms with Gasteiger partial charge in [-0.15, -0.1) is 0 Å². The number of amides is 3. The largest absolute Gasteiger partial charge is 0.439 e. The highest BCUT2D eigenvalue weighted by molar-refractivity contribution is 5.98. The van der Waals surface area contributed by atoms with E-state index in [2.05, 4.69) is 5.10 Å². The first-order chi connectivity index (χ1) is 10.5. The van der Waals surface area contributed by atoms with Gasteiger partial charge in [0.1, 0.15) is 5.69 Å². The molecule has 8 nitrogen and oxygen atoms in total. The summed E-state index contributed by atoms with van der Waals surface area (Å²) in [5, 5.41) is 4.18. The smallest absolute Gasteiger partial charge is 0.417 e. The van der Waals surface area contributed by atoms with Gasteiger partial charge < -0.3 is 9.64 Å². The van der Waals surface area contributed by atoms with Crippen molar-refractivity contribution in [3.63, 3.8) is 0 Å².